The smallest absolute Gasteiger partial charge is 0.368 e. The molecule has 2 aliphatic heterocycles. The van der Waals surface area contributed by atoms with Crippen molar-refractivity contribution in [1.29, 1.82) is 0 Å². The molecule has 0 radical (unpaired) electrons. The molecule has 6 nitrogen and oxygen atoms in total. The number of carbonyl (C=O) groups excluding carboxylic acids is 1. The van der Waals surface area contributed by atoms with Gasteiger partial charge in [-0.3, -0.25) is 4.79 Å². The van der Waals surface area contributed by atoms with Crippen LogP contribution in [0.3, 0.4) is 0 Å². The standard InChI is InChI=1S/C26H25ClF3N3O3S2/c27-23-9-10-24(37-23)38(35,36)33-16-21(18-5-2-1-3-6-18)22(17-33)25(34)32-13-11-31(12-14-32)20-8-4-7-19(15-20)26(28,29)30/h1-10,15,21-22H,11-14,16-17H2. The Hall–Kier alpha value is -2.60. The molecule has 1 amide bonds. The highest BCUT2D eigenvalue weighted by atomic mass is 35.5. The minimum Gasteiger partial charge on any atom is -0.368 e. The maximum atomic E-state index is 13.7. The third-order valence-electron chi connectivity index (χ3n) is 7.10. The summed E-state index contributed by atoms with van der Waals surface area (Å²) in [6, 6.07) is 17.6. The van der Waals surface area contributed by atoms with Crippen molar-refractivity contribution in [2.75, 3.05) is 44.2 Å². The first-order chi connectivity index (χ1) is 18.0. The molecule has 38 heavy (non-hydrogen) atoms. The molecule has 0 N–H and O–H groups in total. The fourth-order valence-corrected chi connectivity index (χ4v) is 8.24. The second-order valence-corrected chi connectivity index (χ2v) is 13.2. The van der Waals surface area contributed by atoms with Crippen LogP contribution < -0.4 is 4.90 Å². The first-order valence-corrected chi connectivity index (χ1v) is 14.7. The zero-order valence-electron chi connectivity index (χ0n) is 20.1. The Morgan fingerprint density at radius 2 is 1.63 bits per heavy atom. The van der Waals surface area contributed by atoms with Crippen LogP contribution in [0, 0.1) is 5.92 Å². The number of carbonyl (C=O) groups is 1. The van der Waals surface area contributed by atoms with E-state index in [2.05, 4.69) is 0 Å². The number of amides is 1. The first-order valence-electron chi connectivity index (χ1n) is 12.1. The number of alkyl halides is 3. The van der Waals surface area contributed by atoms with Gasteiger partial charge in [0.05, 0.1) is 15.8 Å². The highest BCUT2D eigenvalue weighted by Gasteiger charge is 2.45. The van der Waals surface area contributed by atoms with Crippen LogP contribution in [0.15, 0.2) is 70.9 Å². The lowest BCUT2D eigenvalue weighted by Gasteiger charge is -2.38. The lowest BCUT2D eigenvalue weighted by Crippen LogP contribution is -2.51. The summed E-state index contributed by atoms with van der Waals surface area (Å²) >= 11 is 6.96. The van der Waals surface area contributed by atoms with Crippen LogP contribution in [-0.4, -0.2) is 62.8 Å². The summed E-state index contributed by atoms with van der Waals surface area (Å²) in [5, 5.41) is 0. The molecule has 0 spiro atoms. The van der Waals surface area contributed by atoms with E-state index in [1.807, 2.05) is 35.2 Å². The molecule has 2 aliphatic rings. The van der Waals surface area contributed by atoms with Crippen LogP contribution in [0.2, 0.25) is 4.34 Å². The quantitative estimate of drug-likeness (QED) is 0.416. The summed E-state index contributed by atoms with van der Waals surface area (Å²) in [4.78, 5) is 17.3. The number of nitrogens with zero attached hydrogens (tertiary/aromatic N) is 3. The Balaban J connectivity index is 1.33. The van der Waals surface area contributed by atoms with Crippen molar-refractivity contribution in [3.05, 3.63) is 82.2 Å². The topological polar surface area (TPSA) is 60.9 Å². The maximum Gasteiger partial charge on any atom is 0.416 e. The lowest BCUT2D eigenvalue weighted by atomic mass is 9.88. The number of halogens is 4. The van der Waals surface area contributed by atoms with Crippen molar-refractivity contribution < 1.29 is 26.4 Å². The average molecular weight is 584 g/mol. The van der Waals surface area contributed by atoms with Crippen LogP contribution in [0.5, 0.6) is 0 Å². The maximum absolute atomic E-state index is 13.7. The summed E-state index contributed by atoms with van der Waals surface area (Å²) in [6.45, 7) is 1.64. The van der Waals surface area contributed by atoms with Crippen molar-refractivity contribution in [2.45, 2.75) is 16.3 Å². The molecule has 2 atom stereocenters. The van der Waals surface area contributed by atoms with Gasteiger partial charge in [-0.05, 0) is 35.9 Å². The number of sulfonamides is 1. The zero-order chi connectivity index (χ0) is 27.1. The number of rotatable bonds is 5. The van der Waals surface area contributed by atoms with E-state index in [1.54, 1.807) is 11.0 Å². The average Bonchev–Trinajstić information content (AvgIpc) is 3.56. The Bertz CT molecular complexity index is 1410. The SMILES string of the molecule is O=C(C1CN(S(=O)(=O)c2ccc(Cl)s2)CC1c1ccccc1)N1CCN(c2cccc(C(F)(F)F)c2)CC1. The van der Waals surface area contributed by atoms with Gasteiger partial charge in [-0.15, -0.1) is 11.3 Å². The van der Waals surface area contributed by atoms with Gasteiger partial charge >= 0.3 is 6.18 Å². The third kappa shape index (κ3) is 5.42. The first kappa shape index (κ1) is 27.0. The monoisotopic (exact) mass is 583 g/mol. The number of benzene rings is 2. The minimum absolute atomic E-state index is 0.0457. The molecule has 2 fully saturated rings. The summed E-state index contributed by atoms with van der Waals surface area (Å²) in [6.07, 6.45) is -4.43. The molecular formula is C26H25ClF3N3O3S2. The fraction of sp³-hybridized carbons (Fsp3) is 0.346. The van der Waals surface area contributed by atoms with E-state index < -0.39 is 27.7 Å². The molecule has 0 saturated carbocycles. The molecular weight excluding hydrogens is 559 g/mol. The summed E-state index contributed by atoms with van der Waals surface area (Å²) in [5.74, 6) is -1.05. The van der Waals surface area contributed by atoms with E-state index in [0.29, 0.717) is 36.2 Å². The predicted octanol–water partition coefficient (Wildman–Crippen LogP) is 5.17. The van der Waals surface area contributed by atoms with E-state index in [9.17, 15) is 26.4 Å². The predicted molar refractivity (Wildman–Crippen MR) is 141 cm³/mol. The molecule has 0 aliphatic carbocycles. The van der Waals surface area contributed by atoms with Crippen LogP contribution in [0.25, 0.3) is 0 Å². The van der Waals surface area contributed by atoms with Gasteiger partial charge in [-0.25, -0.2) is 8.42 Å². The van der Waals surface area contributed by atoms with Gasteiger partial charge in [0.2, 0.25) is 5.91 Å². The molecule has 3 heterocycles. The van der Waals surface area contributed by atoms with Gasteiger partial charge in [0, 0.05) is 50.9 Å². The number of piperazine rings is 1. The van der Waals surface area contributed by atoms with Crippen LogP contribution in [-0.2, 0) is 21.0 Å². The highest BCUT2D eigenvalue weighted by molar-refractivity contribution is 7.91. The van der Waals surface area contributed by atoms with Crippen LogP contribution in [0.1, 0.15) is 17.0 Å². The molecule has 2 aromatic carbocycles. The molecule has 0 bridgehead atoms. The van der Waals surface area contributed by atoms with Gasteiger partial charge in [0.25, 0.3) is 10.0 Å². The van der Waals surface area contributed by atoms with E-state index in [1.165, 1.54) is 22.5 Å². The third-order valence-corrected chi connectivity index (χ3v) is 10.6. The minimum atomic E-state index is -4.43. The van der Waals surface area contributed by atoms with Gasteiger partial charge in [-0.2, -0.15) is 17.5 Å². The van der Waals surface area contributed by atoms with Crippen molar-refractivity contribution in [2.24, 2.45) is 5.92 Å². The van der Waals surface area contributed by atoms with Crippen molar-refractivity contribution >= 4 is 44.6 Å². The Morgan fingerprint density at radius 1 is 0.921 bits per heavy atom. The number of anilines is 1. The molecule has 12 heteroatoms. The molecule has 3 aromatic rings. The van der Waals surface area contributed by atoms with Gasteiger partial charge in [0.1, 0.15) is 4.21 Å². The van der Waals surface area contributed by atoms with Gasteiger partial charge in [-0.1, -0.05) is 48.0 Å². The molecule has 1 aromatic heterocycles. The summed E-state index contributed by atoms with van der Waals surface area (Å²) in [7, 11) is -3.82. The Morgan fingerprint density at radius 3 is 2.26 bits per heavy atom. The Labute approximate surface area is 228 Å². The molecule has 5 rings (SSSR count). The fourth-order valence-electron chi connectivity index (χ4n) is 5.11. The summed E-state index contributed by atoms with van der Waals surface area (Å²) < 4.78 is 68.0. The summed E-state index contributed by atoms with van der Waals surface area (Å²) in [5.41, 5.74) is 0.635. The number of hydrogen-bond acceptors (Lipinski definition) is 5. The highest BCUT2D eigenvalue weighted by Crippen LogP contribution is 2.39. The van der Waals surface area contributed by atoms with Crippen LogP contribution in [0.4, 0.5) is 18.9 Å². The van der Waals surface area contributed by atoms with Crippen LogP contribution >= 0.6 is 22.9 Å². The molecule has 2 saturated heterocycles. The Kier molecular flexibility index (Phi) is 7.47. The molecule has 202 valence electrons. The van der Waals surface area contributed by atoms with E-state index in [4.69, 9.17) is 11.6 Å². The van der Waals surface area contributed by atoms with E-state index in [0.717, 1.165) is 29.0 Å². The van der Waals surface area contributed by atoms with Crippen molar-refractivity contribution in [3.8, 4) is 0 Å². The van der Waals surface area contributed by atoms with Gasteiger partial charge < -0.3 is 9.80 Å². The second-order valence-electron chi connectivity index (χ2n) is 9.36. The van der Waals surface area contributed by atoms with Gasteiger partial charge in [0.15, 0.2) is 0 Å². The van der Waals surface area contributed by atoms with E-state index >= 15 is 0 Å². The van der Waals surface area contributed by atoms with Crippen molar-refractivity contribution in [1.82, 2.24) is 9.21 Å². The zero-order valence-corrected chi connectivity index (χ0v) is 22.5. The number of hydrogen-bond donors (Lipinski definition) is 0. The largest absolute Gasteiger partial charge is 0.416 e. The van der Waals surface area contributed by atoms with Crippen molar-refractivity contribution in [3.63, 3.8) is 0 Å². The lowest BCUT2D eigenvalue weighted by molar-refractivity contribution is -0.137. The number of thiophene rings is 1. The molecule has 2 unspecified atom stereocenters. The normalized spacial score (nSPS) is 21.2. The van der Waals surface area contributed by atoms with E-state index in [-0.39, 0.29) is 29.1 Å². The second kappa shape index (κ2) is 10.5.